The van der Waals surface area contributed by atoms with Gasteiger partial charge in [-0.15, -0.1) is 0 Å². The zero-order valence-electron chi connectivity index (χ0n) is 9.77. The number of hydrogen-bond acceptors (Lipinski definition) is 6. The van der Waals surface area contributed by atoms with Crippen LogP contribution in [-0.4, -0.2) is 37.2 Å². The van der Waals surface area contributed by atoms with Crippen LogP contribution < -0.4 is 10.8 Å². The Bertz CT molecular complexity index is 416. The molecule has 2 heterocycles. The minimum absolute atomic E-state index is 0.0704. The molecular formula is C11H16N4O2. The Balaban J connectivity index is 2.35. The fourth-order valence-electron chi connectivity index (χ4n) is 1.80. The van der Waals surface area contributed by atoms with Gasteiger partial charge < -0.3 is 14.5 Å². The molecule has 6 heteroatoms. The molecule has 0 atom stereocenters. The monoisotopic (exact) mass is 236 g/mol. The molecule has 6 nitrogen and oxygen atoms in total. The minimum atomic E-state index is -0.0704. The summed E-state index contributed by atoms with van der Waals surface area (Å²) in [5, 5.41) is 7.66. The molecule has 0 radical (unpaired) electrons. The van der Waals surface area contributed by atoms with Crippen molar-refractivity contribution in [2.45, 2.75) is 6.92 Å². The van der Waals surface area contributed by atoms with Crippen molar-refractivity contribution in [2.75, 3.05) is 31.2 Å². The summed E-state index contributed by atoms with van der Waals surface area (Å²) in [5.41, 5.74) is 1.51. The fraction of sp³-hybridized carbons (Fsp3) is 0.455. The van der Waals surface area contributed by atoms with Gasteiger partial charge in [0.25, 0.3) is 0 Å². The Morgan fingerprint density at radius 1 is 1.47 bits per heavy atom. The number of aromatic nitrogens is 1. The van der Waals surface area contributed by atoms with Crippen molar-refractivity contribution in [3.05, 3.63) is 23.4 Å². The third kappa shape index (κ3) is 2.54. The second kappa shape index (κ2) is 5.11. The van der Waals surface area contributed by atoms with Crippen LogP contribution in [0.2, 0.25) is 0 Å². The van der Waals surface area contributed by atoms with E-state index >= 15 is 0 Å². The Morgan fingerprint density at radius 3 is 2.82 bits per heavy atom. The van der Waals surface area contributed by atoms with E-state index < -0.39 is 0 Å². The number of anilines is 1. The number of rotatable bonds is 2. The second-order valence-electron chi connectivity index (χ2n) is 3.87. The molecule has 0 aliphatic carbocycles. The molecular weight excluding hydrogens is 220 g/mol. The first-order valence-corrected chi connectivity index (χ1v) is 5.48. The molecule has 0 aromatic carbocycles. The smallest absolute Gasteiger partial charge is 0.241 e. The van der Waals surface area contributed by atoms with Gasteiger partial charge in [-0.25, -0.2) is 4.98 Å². The Hall–Kier alpha value is -1.66. The Labute approximate surface area is 99.8 Å². The lowest BCUT2D eigenvalue weighted by molar-refractivity contribution is 0.122. The molecule has 0 amide bonds. The van der Waals surface area contributed by atoms with Crippen molar-refractivity contribution in [3.8, 4) is 0 Å². The van der Waals surface area contributed by atoms with Crippen LogP contribution >= 0.6 is 0 Å². The first-order chi connectivity index (χ1) is 8.22. The molecule has 1 saturated heterocycles. The van der Waals surface area contributed by atoms with Gasteiger partial charge in [0.05, 0.1) is 18.8 Å². The first-order valence-electron chi connectivity index (χ1n) is 5.48. The second-order valence-corrected chi connectivity index (χ2v) is 3.87. The molecule has 0 unspecified atom stereocenters. The molecule has 1 aromatic heterocycles. The fourth-order valence-corrected chi connectivity index (χ4v) is 1.80. The summed E-state index contributed by atoms with van der Waals surface area (Å²) in [7, 11) is 0. The molecule has 0 bridgehead atoms. The van der Waals surface area contributed by atoms with Crippen LogP contribution in [0.25, 0.3) is 0 Å². The zero-order chi connectivity index (χ0) is 12.3. The quantitative estimate of drug-likeness (QED) is 0.442. The number of hydrogen-bond donors (Lipinski definition) is 2. The molecule has 92 valence electrons. The average Bonchev–Trinajstić information content (AvgIpc) is 2.39. The molecule has 1 aliphatic heterocycles. The molecule has 0 saturated carbocycles. The van der Waals surface area contributed by atoms with Crippen LogP contribution in [0.1, 0.15) is 11.3 Å². The molecule has 1 aromatic rings. The highest BCUT2D eigenvalue weighted by Gasteiger charge is 2.19. The largest absolute Gasteiger partial charge is 0.391 e. The summed E-state index contributed by atoms with van der Waals surface area (Å²) >= 11 is 0. The van der Waals surface area contributed by atoms with Crippen molar-refractivity contribution < 1.29 is 9.57 Å². The van der Waals surface area contributed by atoms with Gasteiger partial charge in [-0.1, -0.05) is 0 Å². The van der Waals surface area contributed by atoms with Crippen molar-refractivity contribution in [1.82, 2.24) is 4.98 Å². The highest BCUT2D eigenvalue weighted by atomic mass is 16.6. The molecule has 1 fully saturated rings. The van der Waals surface area contributed by atoms with E-state index in [0.29, 0.717) is 18.8 Å². The molecule has 2 rings (SSSR count). The third-order valence-electron chi connectivity index (χ3n) is 2.69. The SMILES string of the molecule is Cc1ccc(C(=N)ON)c(N2CCOCC2)n1. The van der Waals surface area contributed by atoms with Gasteiger partial charge in [0.15, 0.2) is 0 Å². The third-order valence-corrected chi connectivity index (χ3v) is 2.69. The molecule has 1 aliphatic rings. The maximum absolute atomic E-state index is 7.66. The van der Waals surface area contributed by atoms with Crippen molar-refractivity contribution in [1.29, 1.82) is 5.41 Å². The number of nitrogens with zero attached hydrogens (tertiary/aromatic N) is 2. The minimum Gasteiger partial charge on any atom is -0.391 e. The van der Waals surface area contributed by atoms with Gasteiger partial charge in [0.1, 0.15) is 5.82 Å². The summed E-state index contributed by atoms with van der Waals surface area (Å²) in [6.45, 7) is 4.79. The number of nitrogens with two attached hydrogens (primary N) is 1. The number of nitrogens with one attached hydrogen (secondary N) is 1. The van der Waals surface area contributed by atoms with Gasteiger partial charge >= 0.3 is 0 Å². The van der Waals surface area contributed by atoms with Gasteiger partial charge in [0.2, 0.25) is 5.90 Å². The summed E-state index contributed by atoms with van der Waals surface area (Å²) in [4.78, 5) is 11.0. The summed E-state index contributed by atoms with van der Waals surface area (Å²) in [6.07, 6.45) is 0. The summed E-state index contributed by atoms with van der Waals surface area (Å²) in [6, 6.07) is 3.65. The Morgan fingerprint density at radius 2 is 2.18 bits per heavy atom. The first kappa shape index (κ1) is 11.8. The molecule has 3 N–H and O–H groups in total. The van der Waals surface area contributed by atoms with E-state index in [4.69, 9.17) is 16.0 Å². The average molecular weight is 236 g/mol. The van der Waals surface area contributed by atoms with E-state index in [1.807, 2.05) is 19.1 Å². The standard InChI is InChI=1S/C11H16N4O2/c1-8-2-3-9(10(12)17-13)11(14-8)15-4-6-16-7-5-15/h2-3,12H,4-7,13H2,1H3. The van der Waals surface area contributed by atoms with Crippen LogP contribution in [0.15, 0.2) is 12.1 Å². The molecule has 0 spiro atoms. The van der Waals surface area contributed by atoms with E-state index in [1.54, 1.807) is 0 Å². The van der Waals surface area contributed by atoms with E-state index in [1.165, 1.54) is 0 Å². The lowest BCUT2D eigenvalue weighted by atomic mass is 10.2. The van der Waals surface area contributed by atoms with Gasteiger partial charge in [-0.05, 0) is 19.1 Å². The van der Waals surface area contributed by atoms with Crippen LogP contribution in [0.5, 0.6) is 0 Å². The van der Waals surface area contributed by atoms with Crippen molar-refractivity contribution in [2.24, 2.45) is 5.90 Å². The van der Waals surface area contributed by atoms with Crippen LogP contribution in [0.4, 0.5) is 5.82 Å². The van der Waals surface area contributed by atoms with Crippen LogP contribution in [0, 0.1) is 12.3 Å². The van der Waals surface area contributed by atoms with Crippen LogP contribution in [0.3, 0.4) is 0 Å². The number of aryl methyl sites for hydroxylation is 1. The van der Waals surface area contributed by atoms with Crippen LogP contribution in [-0.2, 0) is 9.57 Å². The van der Waals surface area contributed by atoms with Crippen molar-refractivity contribution >= 4 is 11.7 Å². The van der Waals surface area contributed by atoms with Gasteiger partial charge in [0, 0.05) is 18.8 Å². The van der Waals surface area contributed by atoms with Gasteiger partial charge in [-0.3, -0.25) is 5.41 Å². The normalized spacial score (nSPS) is 15.8. The maximum atomic E-state index is 7.66. The molecule has 17 heavy (non-hydrogen) atoms. The predicted octanol–water partition coefficient (Wildman–Crippen LogP) is 0.442. The number of morpholine rings is 1. The Kier molecular flexibility index (Phi) is 3.55. The van der Waals surface area contributed by atoms with E-state index in [0.717, 1.165) is 24.6 Å². The van der Waals surface area contributed by atoms with Gasteiger partial charge in [-0.2, -0.15) is 5.90 Å². The zero-order valence-corrected chi connectivity index (χ0v) is 9.77. The maximum Gasteiger partial charge on any atom is 0.241 e. The lowest BCUT2D eigenvalue weighted by Gasteiger charge is -2.29. The van der Waals surface area contributed by atoms with E-state index in [-0.39, 0.29) is 5.90 Å². The topological polar surface area (TPSA) is 84.5 Å². The van der Waals surface area contributed by atoms with Crippen molar-refractivity contribution in [3.63, 3.8) is 0 Å². The number of ether oxygens (including phenoxy) is 1. The summed E-state index contributed by atoms with van der Waals surface area (Å²) < 4.78 is 5.30. The van der Waals surface area contributed by atoms with E-state index in [9.17, 15) is 0 Å². The number of pyridine rings is 1. The predicted molar refractivity (Wildman–Crippen MR) is 64.1 cm³/mol. The lowest BCUT2D eigenvalue weighted by Crippen LogP contribution is -2.38. The highest BCUT2D eigenvalue weighted by Crippen LogP contribution is 2.20. The van der Waals surface area contributed by atoms with E-state index in [2.05, 4.69) is 14.7 Å². The summed E-state index contributed by atoms with van der Waals surface area (Å²) in [5.74, 6) is 5.71. The highest BCUT2D eigenvalue weighted by molar-refractivity contribution is 5.96.